The molecule has 2 unspecified atom stereocenters. The second kappa shape index (κ2) is 7.04. The third-order valence-corrected chi connectivity index (χ3v) is 7.03. The molecule has 1 spiro atoms. The Morgan fingerprint density at radius 1 is 1.12 bits per heavy atom. The number of nitrogens with zero attached hydrogens (tertiary/aromatic N) is 4. The molecule has 1 N–H and O–H groups in total. The van der Waals surface area contributed by atoms with E-state index in [1.54, 1.807) is 6.92 Å². The molecule has 0 saturated carbocycles. The largest absolute Gasteiger partial charge is 0.392 e. The number of β-amino-alcohol motifs (C(OH)–C–C–N with tert-alkyl or cyclic N) is 1. The zero-order valence-corrected chi connectivity index (χ0v) is 16.7. The fourth-order valence-corrected chi connectivity index (χ4v) is 5.97. The standard InChI is InChI=1S/C20H36N4O2/c1-15(2)9-21-10-18-8-19(26)11-24(18)20(12-21)13-23(14-20)17-4-6-22(7-5-17)16(3)25/h15,17-19,26H,4-14H2,1-3H3. The van der Waals surface area contributed by atoms with Gasteiger partial charge in [-0.05, 0) is 25.2 Å². The maximum absolute atomic E-state index is 11.6. The number of piperazine rings is 1. The number of amides is 1. The van der Waals surface area contributed by atoms with Gasteiger partial charge in [0, 0.05) is 71.4 Å². The Morgan fingerprint density at radius 2 is 1.81 bits per heavy atom. The van der Waals surface area contributed by atoms with Crippen LogP contribution in [0.2, 0.25) is 0 Å². The van der Waals surface area contributed by atoms with E-state index in [2.05, 4.69) is 28.5 Å². The van der Waals surface area contributed by atoms with E-state index in [0.29, 0.717) is 18.0 Å². The fourth-order valence-electron chi connectivity index (χ4n) is 5.97. The number of carbonyl (C=O) groups is 1. The average molecular weight is 365 g/mol. The molecule has 148 valence electrons. The Kier molecular flexibility index (Phi) is 5.05. The lowest BCUT2D eigenvalue weighted by Crippen LogP contribution is -2.79. The highest BCUT2D eigenvalue weighted by atomic mass is 16.3. The summed E-state index contributed by atoms with van der Waals surface area (Å²) in [4.78, 5) is 21.5. The molecule has 4 saturated heterocycles. The summed E-state index contributed by atoms with van der Waals surface area (Å²) in [6.45, 7) is 14.7. The summed E-state index contributed by atoms with van der Waals surface area (Å²) < 4.78 is 0. The van der Waals surface area contributed by atoms with Gasteiger partial charge in [0.05, 0.1) is 11.6 Å². The SMILES string of the molecule is CC(=O)N1CCC(N2CC3(CN(CC(C)C)CC4CC(O)CN43)C2)CC1. The minimum atomic E-state index is -0.149. The van der Waals surface area contributed by atoms with Gasteiger partial charge in [-0.3, -0.25) is 19.5 Å². The Bertz CT molecular complexity index is 526. The van der Waals surface area contributed by atoms with Gasteiger partial charge >= 0.3 is 0 Å². The molecule has 0 aromatic heterocycles. The van der Waals surface area contributed by atoms with E-state index < -0.39 is 0 Å². The number of piperidine rings is 1. The van der Waals surface area contributed by atoms with Crippen molar-refractivity contribution in [2.45, 2.75) is 63.8 Å². The van der Waals surface area contributed by atoms with Gasteiger partial charge in [-0.1, -0.05) is 13.8 Å². The molecule has 6 heteroatoms. The highest BCUT2D eigenvalue weighted by Crippen LogP contribution is 2.40. The zero-order chi connectivity index (χ0) is 18.5. The van der Waals surface area contributed by atoms with Crippen molar-refractivity contribution in [1.82, 2.24) is 19.6 Å². The van der Waals surface area contributed by atoms with Crippen molar-refractivity contribution < 1.29 is 9.90 Å². The van der Waals surface area contributed by atoms with Crippen LogP contribution in [0.1, 0.15) is 40.0 Å². The highest BCUT2D eigenvalue weighted by Gasteiger charge is 2.56. The van der Waals surface area contributed by atoms with E-state index >= 15 is 0 Å². The summed E-state index contributed by atoms with van der Waals surface area (Å²) in [5.74, 6) is 0.908. The molecule has 0 aliphatic carbocycles. The molecular weight excluding hydrogens is 328 g/mol. The number of hydrogen-bond donors (Lipinski definition) is 1. The summed E-state index contributed by atoms with van der Waals surface area (Å²) in [7, 11) is 0. The van der Waals surface area contributed by atoms with Gasteiger partial charge < -0.3 is 10.0 Å². The smallest absolute Gasteiger partial charge is 0.219 e. The van der Waals surface area contributed by atoms with Gasteiger partial charge in [-0.2, -0.15) is 0 Å². The van der Waals surface area contributed by atoms with E-state index in [-0.39, 0.29) is 17.6 Å². The van der Waals surface area contributed by atoms with Gasteiger partial charge in [0.2, 0.25) is 5.91 Å². The molecular formula is C20H36N4O2. The maximum atomic E-state index is 11.6. The van der Waals surface area contributed by atoms with E-state index in [0.717, 1.165) is 65.1 Å². The molecule has 4 aliphatic rings. The Hall–Kier alpha value is -0.690. The maximum Gasteiger partial charge on any atom is 0.219 e. The highest BCUT2D eigenvalue weighted by molar-refractivity contribution is 5.73. The minimum Gasteiger partial charge on any atom is -0.392 e. The predicted molar refractivity (Wildman–Crippen MR) is 102 cm³/mol. The molecule has 0 aromatic carbocycles. The van der Waals surface area contributed by atoms with Crippen LogP contribution >= 0.6 is 0 Å². The Balaban J connectivity index is 1.39. The molecule has 4 rings (SSSR count). The first kappa shape index (κ1) is 18.7. The van der Waals surface area contributed by atoms with Crippen molar-refractivity contribution >= 4 is 5.91 Å². The zero-order valence-electron chi connectivity index (χ0n) is 16.7. The number of carbonyl (C=O) groups excluding carboxylic acids is 1. The molecule has 6 nitrogen and oxygen atoms in total. The summed E-state index contributed by atoms with van der Waals surface area (Å²) >= 11 is 0. The number of aliphatic hydroxyl groups is 1. The van der Waals surface area contributed by atoms with E-state index in [1.165, 1.54) is 6.54 Å². The van der Waals surface area contributed by atoms with Gasteiger partial charge in [-0.15, -0.1) is 0 Å². The van der Waals surface area contributed by atoms with E-state index in [1.807, 2.05) is 4.90 Å². The lowest BCUT2D eigenvalue weighted by Gasteiger charge is -2.63. The first-order chi connectivity index (χ1) is 12.4. The Morgan fingerprint density at radius 3 is 2.42 bits per heavy atom. The predicted octanol–water partition coefficient (Wildman–Crippen LogP) is 0.459. The van der Waals surface area contributed by atoms with Crippen LogP contribution in [0.25, 0.3) is 0 Å². The van der Waals surface area contributed by atoms with Gasteiger partial charge in [-0.25, -0.2) is 0 Å². The fraction of sp³-hybridized carbons (Fsp3) is 0.950. The summed E-state index contributed by atoms with van der Waals surface area (Å²) in [5.41, 5.74) is 0.243. The Labute approximate surface area is 158 Å². The molecule has 4 fully saturated rings. The number of hydrogen-bond acceptors (Lipinski definition) is 5. The van der Waals surface area contributed by atoms with Crippen LogP contribution in [0, 0.1) is 5.92 Å². The molecule has 1 amide bonds. The van der Waals surface area contributed by atoms with Crippen LogP contribution in [0.5, 0.6) is 0 Å². The van der Waals surface area contributed by atoms with Crippen molar-refractivity contribution in [3.05, 3.63) is 0 Å². The second-order valence-corrected chi connectivity index (χ2v) is 9.65. The van der Waals surface area contributed by atoms with Gasteiger partial charge in [0.25, 0.3) is 0 Å². The molecule has 2 atom stereocenters. The molecule has 4 aliphatic heterocycles. The summed E-state index contributed by atoms with van der Waals surface area (Å²) in [6, 6.07) is 1.15. The molecule has 0 aromatic rings. The quantitative estimate of drug-likeness (QED) is 0.788. The van der Waals surface area contributed by atoms with Crippen molar-refractivity contribution in [1.29, 1.82) is 0 Å². The third-order valence-electron chi connectivity index (χ3n) is 7.03. The summed E-state index contributed by atoms with van der Waals surface area (Å²) in [6.07, 6.45) is 3.01. The normalized spacial score (nSPS) is 33.7. The number of fused-ring (bicyclic) bond motifs is 2. The lowest BCUT2D eigenvalue weighted by atomic mass is 9.81. The van der Waals surface area contributed by atoms with E-state index in [9.17, 15) is 9.90 Å². The van der Waals surface area contributed by atoms with Crippen LogP contribution in [-0.4, -0.2) is 107 Å². The van der Waals surface area contributed by atoms with E-state index in [4.69, 9.17) is 0 Å². The van der Waals surface area contributed by atoms with Crippen LogP contribution in [-0.2, 0) is 4.79 Å². The van der Waals surface area contributed by atoms with Crippen molar-refractivity contribution in [2.24, 2.45) is 5.92 Å². The van der Waals surface area contributed by atoms with Crippen LogP contribution in [0.3, 0.4) is 0 Å². The van der Waals surface area contributed by atoms with Gasteiger partial charge in [0.1, 0.15) is 0 Å². The van der Waals surface area contributed by atoms with Gasteiger partial charge in [0.15, 0.2) is 0 Å². The first-order valence-electron chi connectivity index (χ1n) is 10.5. The van der Waals surface area contributed by atoms with Crippen LogP contribution in [0.4, 0.5) is 0 Å². The van der Waals surface area contributed by atoms with Crippen molar-refractivity contribution in [2.75, 3.05) is 52.4 Å². The average Bonchev–Trinajstić information content (AvgIpc) is 2.92. The monoisotopic (exact) mass is 364 g/mol. The van der Waals surface area contributed by atoms with Crippen LogP contribution in [0.15, 0.2) is 0 Å². The van der Waals surface area contributed by atoms with Crippen molar-refractivity contribution in [3.8, 4) is 0 Å². The topological polar surface area (TPSA) is 50.3 Å². The molecule has 4 heterocycles. The lowest BCUT2D eigenvalue weighted by molar-refractivity contribution is -0.140. The molecule has 0 radical (unpaired) electrons. The number of rotatable bonds is 3. The number of aliphatic hydroxyl groups excluding tert-OH is 1. The van der Waals surface area contributed by atoms with Crippen LogP contribution < -0.4 is 0 Å². The second-order valence-electron chi connectivity index (χ2n) is 9.65. The molecule has 0 bridgehead atoms. The van der Waals surface area contributed by atoms with Crippen molar-refractivity contribution in [3.63, 3.8) is 0 Å². The third kappa shape index (κ3) is 3.41. The first-order valence-corrected chi connectivity index (χ1v) is 10.5. The number of likely N-dealkylation sites (tertiary alicyclic amines) is 2. The summed E-state index contributed by atoms with van der Waals surface area (Å²) in [5, 5.41) is 10.3. The molecule has 26 heavy (non-hydrogen) atoms. The minimum absolute atomic E-state index is 0.149.